The van der Waals surface area contributed by atoms with Crippen molar-refractivity contribution in [2.24, 2.45) is 11.5 Å². The van der Waals surface area contributed by atoms with Gasteiger partial charge in [0, 0.05) is 43.4 Å². The molecule has 2 aromatic carbocycles. The number of allylic oxidation sites excluding steroid dienone is 1. The van der Waals surface area contributed by atoms with E-state index in [4.69, 9.17) is 41.9 Å². The molecular weight excluding hydrogens is 754 g/mol. The average Bonchev–Trinajstić information content (AvgIpc) is 3.63. The van der Waals surface area contributed by atoms with E-state index in [9.17, 15) is 24.0 Å². The minimum atomic E-state index is -0.749. The van der Waals surface area contributed by atoms with Crippen molar-refractivity contribution in [3.05, 3.63) is 72.1 Å². The normalized spacial score (nSPS) is 11.3. The molecule has 0 spiro atoms. The molecule has 0 saturated carbocycles. The second-order valence-electron chi connectivity index (χ2n) is 13.5. The molecule has 0 radical (unpaired) electrons. The second kappa shape index (κ2) is 22.0. The van der Waals surface area contributed by atoms with Crippen molar-refractivity contribution in [2.75, 3.05) is 74.1 Å². The van der Waals surface area contributed by atoms with Crippen LogP contribution in [0.5, 0.6) is 11.5 Å². The number of nitrogen functional groups attached to an aromatic ring is 2. The van der Waals surface area contributed by atoms with Gasteiger partial charge in [0.2, 0.25) is 11.8 Å². The van der Waals surface area contributed by atoms with Crippen LogP contribution in [0.1, 0.15) is 60.7 Å². The van der Waals surface area contributed by atoms with Gasteiger partial charge in [-0.25, -0.2) is 4.79 Å². The first kappa shape index (κ1) is 45.5. The third-order valence-corrected chi connectivity index (χ3v) is 7.91. The van der Waals surface area contributed by atoms with Gasteiger partial charge in [-0.2, -0.15) is 5.10 Å². The molecule has 10 N–H and O–H groups in total. The fourth-order valence-electron chi connectivity index (χ4n) is 5.08. The molecule has 1 aromatic heterocycles. The topological polar surface area (TPSA) is 281 Å². The smallest absolute Gasteiger partial charge is 0.414 e. The van der Waals surface area contributed by atoms with Crippen LogP contribution in [-0.2, 0) is 30.3 Å². The number of nitrogens with zero attached hydrogens (tertiary/aromatic N) is 3. The Morgan fingerprint density at radius 2 is 1.34 bits per heavy atom. The van der Waals surface area contributed by atoms with Gasteiger partial charge in [0.1, 0.15) is 35.1 Å². The largest absolute Gasteiger partial charge is 0.491 e. The van der Waals surface area contributed by atoms with Crippen molar-refractivity contribution in [3.8, 4) is 11.5 Å². The summed E-state index contributed by atoms with van der Waals surface area (Å²) in [5.41, 5.74) is 24.9. The predicted octanol–water partition coefficient (Wildman–Crippen LogP) is 3.60. The molecule has 0 aliphatic carbocycles. The molecule has 3 aromatic rings. The molecule has 0 fully saturated rings. The van der Waals surface area contributed by atoms with E-state index in [2.05, 4.69) is 20.5 Å². The number of methoxy groups -OCH3 is 2. The molecule has 0 aliphatic heterocycles. The van der Waals surface area contributed by atoms with Crippen LogP contribution in [0, 0.1) is 0 Å². The molecule has 314 valence electrons. The summed E-state index contributed by atoms with van der Waals surface area (Å²) >= 11 is 0. The lowest BCUT2D eigenvalue weighted by atomic mass is 10.1. The number of nitrogens with two attached hydrogens (primary N) is 4. The summed E-state index contributed by atoms with van der Waals surface area (Å²) in [6, 6.07) is 5.86. The highest BCUT2D eigenvalue weighted by Gasteiger charge is 2.25. The lowest BCUT2D eigenvalue weighted by Crippen LogP contribution is -2.38. The van der Waals surface area contributed by atoms with E-state index < -0.39 is 29.5 Å². The molecule has 58 heavy (non-hydrogen) atoms. The zero-order chi connectivity index (χ0) is 42.8. The lowest BCUT2D eigenvalue weighted by Gasteiger charge is -2.26. The molecule has 1 heterocycles. The fraction of sp³-hybridized carbons (Fsp3) is 0.385. The van der Waals surface area contributed by atoms with Crippen LogP contribution in [0.2, 0.25) is 0 Å². The minimum Gasteiger partial charge on any atom is -0.491 e. The van der Waals surface area contributed by atoms with Crippen molar-refractivity contribution in [1.82, 2.24) is 9.78 Å². The number of benzene rings is 2. The first-order valence-corrected chi connectivity index (χ1v) is 18.2. The first-order valence-electron chi connectivity index (χ1n) is 18.2. The van der Waals surface area contributed by atoms with Gasteiger partial charge in [-0.3, -0.25) is 28.8 Å². The number of nitrogens with one attached hydrogen (secondary N) is 2. The molecule has 3 rings (SSSR count). The summed E-state index contributed by atoms with van der Waals surface area (Å²) in [4.78, 5) is 61.3. The van der Waals surface area contributed by atoms with E-state index in [-0.39, 0.29) is 61.1 Å². The van der Waals surface area contributed by atoms with Crippen LogP contribution in [-0.4, -0.2) is 92.3 Å². The van der Waals surface area contributed by atoms with Gasteiger partial charge in [-0.05, 0) is 57.5 Å². The summed E-state index contributed by atoms with van der Waals surface area (Å²) in [5, 5.41) is 10.7. The first-order chi connectivity index (χ1) is 27.5. The molecule has 0 unspecified atom stereocenters. The molecule has 3 amide bonds. The van der Waals surface area contributed by atoms with E-state index in [1.807, 2.05) is 12.2 Å². The number of carbonyl (C=O) groups is 5. The lowest BCUT2D eigenvalue weighted by molar-refractivity contribution is -0.141. The van der Waals surface area contributed by atoms with Crippen LogP contribution in [0.25, 0.3) is 0 Å². The molecule has 19 nitrogen and oxygen atoms in total. The predicted molar refractivity (Wildman–Crippen MR) is 219 cm³/mol. The molecular formula is C39H53N9O10. The quantitative estimate of drug-likeness (QED) is 0.0278. The number of esters is 2. The van der Waals surface area contributed by atoms with Gasteiger partial charge in [-0.1, -0.05) is 18.2 Å². The number of primary amides is 2. The highest BCUT2D eigenvalue weighted by molar-refractivity contribution is 5.97. The Hall–Kier alpha value is -6.92. The zero-order valence-corrected chi connectivity index (χ0v) is 33.4. The van der Waals surface area contributed by atoms with Gasteiger partial charge >= 0.3 is 18.0 Å². The number of anilines is 5. The number of ether oxygens (including phenoxy) is 5. The van der Waals surface area contributed by atoms with Crippen molar-refractivity contribution in [1.29, 1.82) is 0 Å². The maximum Gasteiger partial charge on any atom is 0.414 e. The average molecular weight is 808 g/mol. The summed E-state index contributed by atoms with van der Waals surface area (Å²) in [6.07, 6.45) is 10.2. The van der Waals surface area contributed by atoms with Gasteiger partial charge in [-0.15, -0.1) is 0 Å². The standard InChI is InChI=1S/C39H53N9O10/c1-39(2,3)58-38(53)48(16-12-33(50)55-5)27-23-46-47(24-27)15-8-9-17-56-30-21-25(36(42)51)19-28(40)34(30)44-13-6-7-14-45-35-29(41)20-26(37(43)52)22-31(35)57-18-10-11-32(49)54-4/h6-9,19-24,44-45H,10-18,40-41H2,1-5H3,(H2,42,51)(H2,43,52)/b7-6+,9-8+. The Kier molecular flexibility index (Phi) is 17.2. The van der Waals surface area contributed by atoms with E-state index in [0.29, 0.717) is 54.6 Å². The van der Waals surface area contributed by atoms with Crippen molar-refractivity contribution >= 4 is 58.3 Å². The highest BCUT2D eigenvalue weighted by atomic mass is 16.6. The molecule has 19 heteroatoms. The number of amides is 3. The number of hydrogen-bond donors (Lipinski definition) is 6. The van der Waals surface area contributed by atoms with Gasteiger partial charge in [0.25, 0.3) is 0 Å². The number of rotatable bonds is 22. The molecule has 0 bridgehead atoms. The Morgan fingerprint density at radius 3 is 1.88 bits per heavy atom. The third-order valence-electron chi connectivity index (χ3n) is 7.91. The summed E-state index contributed by atoms with van der Waals surface area (Å²) in [7, 11) is 2.58. The van der Waals surface area contributed by atoms with Crippen LogP contribution in [0.4, 0.5) is 33.2 Å². The van der Waals surface area contributed by atoms with E-state index >= 15 is 0 Å². The van der Waals surface area contributed by atoms with E-state index in [1.54, 1.807) is 43.8 Å². The van der Waals surface area contributed by atoms with E-state index in [1.165, 1.54) is 49.6 Å². The van der Waals surface area contributed by atoms with Crippen LogP contribution < -0.4 is 47.9 Å². The maximum atomic E-state index is 12.9. The molecule has 0 atom stereocenters. The summed E-state index contributed by atoms with van der Waals surface area (Å²) < 4.78 is 28.3. The van der Waals surface area contributed by atoms with Crippen LogP contribution in [0.15, 0.2) is 61.0 Å². The summed E-state index contributed by atoms with van der Waals surface area (Å²) in [5.74, 6) is -1.60. The highest BCUT2D eigenvalue weighted by Crippen LogP contribution is 2.34. The van der Waals surface area contributed by atoms with Crippen molar-refractivity contribution in [3.63, 3.8) is 0 Å². The number of carbonyl (C=O) groups excluding carboxylic acids is 5. The Balaban J connectivity index is 1.62. The van der Waals surface area contributed by atoms with Gasteiger partial charge in [0.15, 0.2) is 0 Å². The monoisotopic (exact) mass is 807 g/mol. The maximum absolute atomic E-state index is 12.9. The van der Waals surface area contributed by atoms with Gasteiger partial charge < -0.3 is 57.3 Å². The number of aromatic nitrogens is 2. The fourth-order valence-corrected chi connectivity index (χ4v) is 5.08. The second-order valence-corrected chi connectivity index (χ2v) is 13.5. The zero-order valence-electron chi connectivity index (χ0n) is 33.4. The SMILES string of the molecule is COC(=O)CCCOc1cc(C(N)=O)cc(N)c1NC/C=C/CNc1c(N)cc(C(N)=O)cc1OC/C=C/Cn1cc(N(CCC(=O)OC)C(=O)OC(C)(C)C)cn1. The molecule has 0 saturated heterocycles. The third kappa shape index (κ3) is 14.6. The van der Waals surface area contributed by atoms with Crippen molar-refractivity contribution in [2.45, 2.75) is 52.2 Å². The Labute approximate surface area is 336 Å². The summed E-state index contributed by atoms with van der Waals surface area (Å²) in [6.45, 7) is 6.48. The van der Waals surface area contributed by atoms with Gasteiger partial charge in [0.05, 0.1) is 57.1 Å². The Morgan fingerprint density at radius 1 is 0.793 bits per heavy atom. The molecule has 0 aliphatic rings. The van der Waals surface area contributed by atoms with Crippen molar-refractivity contribution < 1.29 is 47.7 Å². The Bertz CT molecular complexity index is 1970. The minimum absolute atomic E-state index is 0.0332. The number of hydrogen-bond acceptors (Lipinski definition) is 15. The van der Waals surface area contributed by atoms with Crippen LogP contribution in [0.3, 0.4) is 0 Å². The van der Waals surface area contributed by atoms with Crippen LogP contribution >= 0.6 is 0 Å². The van der Waals surface area contributed by atoms with E-state index in [0.717, 1.165) is 0 Å².